The summed E-state index contributed by atoms with van der Waals surface area (Å²) >= 11 is 0. The largest absolute Gasteiger partial charge is 0.481 e. The van der Waals surface area contributed by atoms with Gasteiger partial charge in [0, 0.05) is 31.3 Å². The maximum atomic E-state index is 14.3. The minimum Gasteiger partial charge on any atom is -0.481 e. The summed E-state index contributed by atoms with van der Waals surface area (Å²) in [5.41, 5.74) is -0.892. The van der Waals surface area contributed by atoms with Crippen molar-refractivity contribution in [3.05, 3.63) is 99.9 Å². The maximum absolute atomic E-state index is 14.3. The smallest absolute Gasteiger partial charge is 0.323 e. The molecule has 1 aliphatic heterocycles. The van der Waals surface area contributed by atoms with Crippen LogP contribution in [0.3, 0.4) is 0 Å². The fraction of sp³-hybridized carbons (Fsp3) is 0.192. The Morgan fingerprint density at radius 2 is 1.67 bits per heavy atom. The lowest BCUT2D eigenvalue weighted by molar-refractivity contribution is -0.384. The average Bonchev–Trinajstić information content (AvgIpc) is 3.41. The highest BCUT2D eigenvalue weighted by atomic mass is 32.2. The first-order chi connectivity index (χ1) is 20.3. The first-order valence-corrected chi connectivity index (χ1v) is 13.8. The van der Waals surface area contributed by atoms with Crippen LogP contribution in [0.2, 0.25) is 0 Å². The summed E-state index contributed by atoms with van der Waals surface area (Å²) in [6.07, 6.45) is -2.76. The van der Waals surface area contributed by atoms with Gasteiger partial charge in [0.25, 0.3) is 11.6 Å². The van der Waals surface area contributed by atoms with E-state index in [0.29, 0.717) is 10.4 Å². The van der Waals surface area contributed by atoms with Gasteiger partial charge >= 0.3 is 12.0 Å². The van der Waals surface area contributed by atoms with E-state index in [1.54, 1.807) is 0 Å². The lowest BCUT2D eigenvalue weighted by Crippen LogP contribution is -2.55. The number of nitro groups is 1. The third-order valence-corrected chi connectivity index (χ3v) is 8.26. The number of halogens is 3. The number of aliphatic carboxylic acids is 1. The van der Waals surface area contributed by atoms with Gasteiger partial charge in [0.2, 0.25) is 10.0 Å². The fourth-order valence-electron chi connectivity index (χ4n) is 4.39. The first-order valence-electron chi connectivity index (χ1n) is 12.3. The van der Waals surface area contributed by atoms with Crippen molar-refractivity contribution in [2.24, 2.45) is 0 Å². The molecular weight excluding hydrogens is 599 g/mol. The molecule has 13 nitrogen and oxygen atoms in total. The number of nitrogens with one attached hydrogen (secondary N) is 2. The molecular formula is C26H22F3N5O8S. The molecule has 3 N–H and O–H groups in total. The van der Waals surface area contributed by atoms with Crippen LogP contribution < -0.4 is 10.6 Å². The molecule has 0 radical (unpaired) electrons. The van der Waals surface area contributed by atoms with E-state index in [0.717, 1.165) is 53.4 Å². The van der Waals surface area contributed by atoms with Crippen molar-refractivity contribution in [3.8, 4) is 0 Å². The molecule has 0 saturated carbocycles. The quantitative estimate of drug-likeness (QED) is 0.241. The van der Waals surface area contributed by atoms with Crippen molar-refractivity contribution < 1.29 is 46.0 Å². The minimum atomic E-state index is -4.59. The van der Waals surface area contributed by atoms with Gasteiger partial charge in [0.1, 0.15) is 17.5 Å². The Bertz CT molecular complexity index is 1690. The number of carboxylic acids is 1. The topological polar surface area (TPSA) is 179 Å². The number of anilines is 1. The van der Waals surface area contributed by atoms with Gasteiger partial charge in [-0.15, -0.1) is 0 Å². The molecule has 3 amide bonds. The molecule has 2 unspecified atom stereocenters. The molecule has 1 saturated heterocycles. The Balaban J connectivity index is 1.72. The van der Waals surface area contributed by atoms with Crippen LogP contribution in [-0.2, 0) is 19.6 Å². The fourth-order valence-corrected chi connectivity index (χ4v) is 5.94. The van der Waals surface area contributed by atoms with Crippen LogP contribution >= 0.6 is 0 Å². The monoisotopic (exact) mass is 621 g/mol. The van der Waals surface area contributed by atoms with Crippen LogP contribution in [0.15, 0.2) is 71.6 Å². The van der Waals surface area contributed by atoms with Gasteiger partial charge in [-0.2, -0.15) is 4.31 Å². The molecule has 2 atom stereocenters. The van der Waals surface area contributed by atoms with E-state index in [2.05, 4.69) is 10.6 Å². The zero-order valence-corrected chi connectivity index (χ0v) is 22.6. The molecule has 4 rings (SSSR count). The van der Waals surface area contributed by atoms with Crippen LogP contribution in [0.25, 0.3) is 0 Å². The number of hydrogen-bond donors (Lipinski definition) is 3. The van der Waals surface area contributed by atoms with Gasteiger partial charge in [-0.1, -0.05) is 12.1 Å². The number of non-ortho nitro benzene ring substituents is 1. The molecule has 0 bridgehead atoms. The highest BCUT2D eigenvalue weighted by molar-refractivity contribution is 7.89. The van der Waals surface area contributed by atoms with E-state index in [1.165, 1.54) is 12.1 Å². The molecule has 1 aliphatic rings. The van der Waals surface area contributed by atoms with Crippen LogP contribution in [0, 0.1) is 27.6 Å². The zero-order valence-electron chi connectivity index (χ0n) is 21.8. The van der Waals surface area contributed by atoms with E-state index >= 15 is 0 Å². The highest BCUT2D eigenvalue weighted by Crippen LogP contribution is 2.28. The lowest BCUT2D eigenvalue weighted by atomic mass is 10.0. The van der Waals surface area contributed by atoms with Crippen LogP contribution in [0.1, 0.15) is 18.0 Å². The van der Waals surface area contributed by atoms with Gasteiger partial charge in [0.15, 0.2) is 6.17 Å². The molecule has 3 aromatic rings. The number of rotatable bonds is 9. The Morgan fingerprint density at radius 3 is 2.30 bits per heavy atom. The Kier molecular flexibility index (Phi) is 8.96. The number of hydrogen-bond acceptors (Lipinski definition) is 7. The predicted octanol–water partition coefficient (Wildman–Crippen LogP) is 3.21. The maximum Gasteiger partial charge on any atom is 0.323 e. The summed E-state index contributed by atoms with van der Waals surface area (Å²) in [6.45, 7) is -0.870. The Hall–Kier alpha value is -5.03. The van der Waals surface area contributed by atoms with Crippen molar-refractivity contribution in [2.75, 3.05) is 18.4 Å². The minimum absolute atomic E-state index is 0.000253. The number of nitrogens with zero attached hydrogens (tertiary/aromatic N) is 3. The van der Waals surface area contributed by atoms with Crippen molar-refractivity contribution >= 4 is 39.3 Å². The van der Waals surface area contributed by atoms with Crippen molar-refractivity contribution in [1.82, 2.24) is 14.5 Å². The van der Waals surface area contributed by atoms with Gasteiger partial charge in [-0.25, -0.2) is 26.4 Å². The number of carbonyl (C=O) groups is 3. The third kappa shape index (κ3) is 6.90. The highest BCUT2D eigenvalue weighted by Gasteiger charge is 2.47. The van der Waals surface area contributed by atoms with Crippen molar-refractivity contribution in [1.29, 1.82) is 0 Å². The number of amides is 3. The third-order valence-electron chi connectivity index (χ3n) is 6.40. The van der Waals surface area contributed by atoms with Crippen LogP contribution in [0.5, 0.6) is 0 Å². The summed E-state index contributed by atoms with van der Waals surface area (Å²) in [5, 5.41) is 25.2. The second kappa shape index (κ2) is 12.5. The SMILES string of the molecule is O=C(O)CC(NC(=O)C1N(C(=O)Nc2ccc(F)cc2F)CCN1S(=O)(=O)c1ccc(F)cc1)c1cccc([N+](=O)[O-])c1. The summed E-state index contributed by atoms with van der Waals surface area (Å²) in [7, 11) is -4.59. The van der Waals surface area contributed by atoms with E-state index in [9.17, 15) is 51.2 Å². The number of urea groups is 1. The molecule has 43 heavy (non-hydrogen) atoms. The van der Waals surface area contributed by atoms with Crippen LogP contribution in [0.4, 0.5) is 29.3 Å². The number of nitro benzene ring substituents is 1. The molecule has 0 spiro atoms. The summed E-state index contributed by atoms with van der Waals surface area (Å²) < 4.78 is 68.8. The second-order valence-corrected chi connectivity index (χ2v) is 11.1. The van der Waals surface area contributed by atoms with Crippen molar-refractivity contribution in [2.45, 2.75) is 23.5 Å². The molecule has 1 fully saturated rings. The summed E-state index contributed by atoms with van der Waals surface area (Å²) in [5.74, 6) is -5.45. The number of benzene rings is 3. The van der Waals surface area contributed by atoms with Crippen molar-refractivity contribution in [3.63, 3.8) is 0 Å². The average molecular weight is 622 g/mol. The first kappa shape index (κ1) is 30.9. The summed E-state index contributed by atoms with van der Waals surface area (Å²) in [4.78, 5) is 49.3. The van der Waals surface area contributed by atoms with Gasteiger partial charge in [0.05, 0.1) is 28.0 Å². The molecule has 1 heterocycles. The number of carbonyl (C=O) groups excluding carboxylic acids is 2. The summed E-state index contributed by atoms with van der Waals surface area (Å²) in [6, 6.07) is 8.01. The number of sulfonamides is 1. The van der Waals surface area contributed by atoms with E-state index in [1.807, 2.05) is 0 Å². The van der Waals surface area contributed by atoms with Gasteiger partial charge < -0.3 is 15.7 Å². The zero-order chi connectivity index (χ0) is 31.5. The number of carboxylic acid groups (broad SMARTS) is 1. The van der Waals surface area contributed by atoms with E-state index < -0.39 is 98.3 Å². The van der Waals surface area contributed by atoms with E-state index in [4.69, 9.17) is 0 Å². The lowest BCUT2D eigenvalue weighted by Gasteiger charge is -2.30. The molecule has 3 aromatic carbocycles. The van der Waals surface area contributed by atoms with Gasteiger partial charge in [-0.3, -0.25) is 24.6 Å². The normalized spacial score (nSPS) is 16.0. The van der Waals surface area contributed by atoms with Gasteiger partial charge in [-0.05, 0) is 42.0 Å². The van der Waals surface area contributed by atoms with E-state index in [-0.39, 0.29) is 5.56 Å². The Morgan fingerprint density at radius 1 is 1.00 bits per heavy atom. The molecule has 17 heteroatoms. The second-order valence-electron chi connectivity index (χ2n) is 9.20. The molecule has 0 aliphatic carbocycles. The molecule has 0 aromatic heterocycles. The van der Waals surface area contributed by atoms with Crippen LogP contribution in [-0.4, -0.2) is 64.8 Å². The molecule has 226 valence electrons. The standard InChI is InChI=1S/C26H22F3N5O8S/c27-16-4-7-19(8-5-16)43(41,42)33-11-10-32(26(38)31-21-9-6-17(28)13-20(21)29)25(33)24(37)30-22(14-23(35)36)15-2-1-3-18(12-15)34(39)40/h1-9,12-13,22,25H,10-11,14H2,(H,30,37)(H,31,38)(H,35,36). The Labute approximate surface area is 241 Å². The predicted molar refractivity (Wildman–Crippen MR) is 142 cm³/mol.